The Balaban J connectivity index is 0.000000789. The van der Waals surface area contributed by atoms with Crippen LogP contribution in [0.25, 0.3) is 0 Å². The van der Waals surface area contributed by atoms with Crippen LogP contribution in [0.1, 0.15) is 51.9 Å². The molecule has 6 N–H and O–H groups in total. The van der Waals surface area contributed by atoms with Crippen molar-refractivity contribution < 1.29 is 41.9 Å². The van der Waals surface area contributed by atoms with Gasteiger partial charge in [0, 0.05) is 12.5 Å². The van der Waals surface area contributed by atoms with Gasteiger partial charge in [0.25, 0.3) is 0 Å². The van der Waals surface area contributed by atoms with Gasteiger partial charge in [0.15, 0.2) is 6.04 Å². The van der Waals surface area contributed by atoms with Crippen molar-refractivity contribution >= 4 is 29.6 Å². The van der Waals surface area contributed by atoms with Gasteiger partial charge in [0.05, 0.1) is 13.7 Å². The Morgan fingerprint density at radius 1 is 1.06 bits per heavy atom. The van der Waals surface area contributed by atoms with E-state index in [-0.39, 0.29) is 24.3 Å². The molecule has 0 aromatic carbocycles. The predicted molar refractivity (Wildman–Crippen MR) is 122 cm³/mol. The third-order valence-electron chi connectivity index (χ3n) is 5.96. The zero-order valence-corrected chi connectivity index (χ0v) is 20.5. The molecule has 36 heavy (non-hydrogen) atoms. The number of nitrogens with two attached hydrogens (primary N) is 1. The van der Waals surface area contributed by atoms with Crippen molar-refractivity contribution in [1.82, 2.24) is 21.3 Å². The highest BCUT2D eigenvalue weighted by atomic mass is 19.4. The van der Waals surface area contributed by atoms with Crippen molar-refractivity contribution in [3.63, 3.8) is 0 Å². The van der Waals surface area contributed by atoms with E-state index in [4.69, 9.17) is 5.73 Å². The maximum absolute atomic E-state index is 12.4. The van der Waals surface area contributed by atoms with Crippen LogP contribution in [-0.2, 0) is 28.7 Å². The summed E-state index contributed by atoms with van der Waals surface area (Å²) < 4.78 is 41.6. The molecule has 2 unspecified atom stereocenters. The first-order chi connectivity index (χ1) is 16.8. The molecule has 0 aromatic rings. The number of nitrogens with one attached hydrogen (secondary N) is 4. The van der Waals surface area contributed by atoms with Crippen molar-refractivity contribution in [2.24, 2.45) is 17.6 Å². The van der Waals surface area contributed by atoms with Gasteiger partial charge in [-0.2, -0.15) is 13.2 Å². The summed E-state index contributed by atoms with van der Waals surface area (Å²) in [6.07, 6.45) is 1.25. The van der Waals surface area contributed by atoms with Gasteiger partial charge in [-0.1, -0.05) is 39.0 Å². The van der Waals surface area contributed by atoms with Crippen LogP contribution in [0.2, 0.25) is 0 Å². The molecular weight excluding hydrogens is 487 g/mol. The molecule has 2 aliphatic rings. The molecule has 206 valence electrons. The van der Waals surface area contributed by atoms with Crippen molar-refractivity contribution in [3.8, 4) is 0 Å². The lowest BCUT2D eigenvalue weighted by Crippen LogP contribution is -2.54. The molecule has 2 rings (SSSR count). The Morgan fingerprint density at radius 2 is 1.67 bits per heavy atom. The lowest BCUT2D eigenvalue weighted by molar-refractivity contribution is -0.163. The Morgan fingerprint density at radius 3 is 2.14 bits per heavy atom. The van der Waals surface area contributed by atoms with Crippen LogP contribution in [0.4, 0.5) is 13.2 Å². The quantitative estimate of drug-likeness (QED) is 0.262. The minimum Gasteiger partial charge on any atom is -0.468 e. The summed E-state index contributed by atoms with van der Waals surface area (Å²) >= 11 is 0. The van der Waals surface area contributed by atoms with E-state index in [2.05, 4.69) is 20.7 Å². The fourth-order valence-corrected chi connectivity index (χ4v) is 3.73. The zero-order chi connectivity index (χ0) is 27.3. The Bertz CT molecular complexity index is 774. The molecule has 1 saturated carbocycles. The number of methoxy groups -OCH3 is 1. The number of carbonyl (C=O) groups excluding carboxylic acids is 5. The lowest BCUT2D eigenvalue weighted by Gasteiger charge is -2.26. The first-order valence-electron chi connectivity index (χ1n) is 11.9. The van der Waals surface area contributed by atoms with Crippen LogP contribution < -0.4 is 27.0 Å². The minimum atomic E-state index is -4.93. The van der Waals surface area contributed by atoms with Gasteiger partial charge in [0.2, 0.25) is 23.6 Å². The highest BCUT2D eigenvalue weighted by Gasteiger charge is 2.42. The van der Waals surface area contributed by atoms with E-state index >= 15 is 0 Å². The molecule has 0 aromatic heterocycles. The number of hydrogen-bond donors (Lipinski definition) is 5. The number of hydrogen-bond acceptors (Lipinski definition) is 7. The van der Waals surface area contributed by atoms with Crippen LogP contribution >= 0.6 is 0 Å². The van der Waals surface area contributed by atoms with Crippen molar-refractivity contribution in [2.75, 3.05) is 26.7 Å². The van der Waals surface area contributed by atoms with Gasteiger partial charge >= 0.3 is 12.1 Å². The second-order valence-corrected chi connectivity index (χ2v) is 8.87. The van der Waals surface area contributed by atoms with Crippen LogP contribution in [0.3, 0.4) is 0 Å². The predicted octanol–water partition coefficient (Wildman–Crippen LogP) is -0.121. The summed E-state index contributed by atoms with van der Waals surface area (Å²) in [7, 11) is 1.16. The first kappa shape index (κ1) is 31.1. The van der Waals surface area contributed by atoms with Crippen LogP contribution in [0, 0.1) is 11.8 Å². The maximum Gasteiger partial charge on any atom is 0.412 e. The normalized spacial score (nSPS) is 19.6. The van der Waals surface area contributed by atoms with Gasteiger partial charge in [0.1, 0.15) is 12.6 Å². The van der Waals surface area contributed by atoms with Gasteiger partial charge in [-0.05, 0) is 18.8 Å². The van der Waals surface area contributed by atoms with E-state index in [1.54, 1.807) is 5.32 Å². The SMILES string of the molecule is CC1CCNC1=O.COC(=O)CNC(=O)[C@H](CC1CCCCC1)NC(=O)CNC(=O)C(N)C(F)(F)F. The number of rotatable bonds is 9. The van der Waals surface area contributed by atoms with Gasteiger partial charge in [-0.3, -0.25) is 24.0 Å². The highest BCUT2D eigenvalue weighted by molar-refractivity contribution is 5.92. The van der Waals surface area contributed by atoms with E-state index in [9.17, 15) is 37.1 Å². The average molecular weight is 524 g/mol. The van der Waals surface area contributed by atoms with Gasteiger partial charge < -0.3 is 31.7 Å². The van der Waals surface area contributed by atoms with Crippen molar-refractivity contribution in [2.45, 2.75) is 70.1 Å². The molecule has 3 atom stereocenters. The second kappa shape index (κ2) is 15.3. The summed E-state index contributed by atoms with van der Waals surface area (Å²) in [4.78, 5) is 57.4. The number of esters is 1. The van der Waals surface area contributed by atoms with Crippen LogP contribution in [-0.4, -0.2) is 74.6 Å². The largest absolute Gasteiger partial charge is 0.468 e. The van der Waals surface area contributed by atoms with E-state index in [0.29, 0.717) is 6.42 Å². The molecule has 4 amide bonds. The van der Waals surface area contributed by atoms with Gasteiger partial charge in [-0.15, -0.1) is 0 Å². The van der Waals surface area contributed by atoms with E-state index in [1.807, 2.05) is 6.92 Å². The molecule has 0 radical (unpaired) electrons. The molecule has 11 nitrogen and oxygen atoms in total. The van der Waals surface area contributed by atoms with Crippen LogP contribution in [0.5, 0.6) is 0 Å². The monoisotopic (exact) mass is 523 g/mol. The molecule has 14 heteroatoms. The summed E-state index contributed by atoms with van der Waals surface area (Å²) in [5.41, 5.74) is 4.76. The molecule has 1 heterocycles. The average Bonchev–Trinajstić information content (AvgIpc) is 3.22. The molecule has 1 aliphatic heterocycles. The molecule has 1 saturated heterocycles. The Labute approximate surface area is 207 Å². The van der Waals surface area contributed by atoms with E-state index in [1.165, 1.54) is 0 Å². The second-order valence-electron chi connectivity index (χ2n) is 8.87. The van der Waals surface area contributed by atoms with Crippen molar-refractivity contribution in [1.29, 1.82) is 0 Å². The van der Waals surface area contributed by atoms with E-state index < -0.39 is 48.5 Å². The Hall–Kier alpha value is -2.90. The van der Waals surface area contributed by atoms with Crippen molar-refractivity contribution in [3.05, 3.63) is 0 Å². The molecular formula is C22H36F3N5O6. The molecule has 0 bridgehead atoms. The highest BCUT2D eigenvalue weighted by Crippen LogP contribution is 2.27. The number of alkyl halides is 3. The van der Waals surface area contributed by atoms with Crippen LogP contribution in [0.15, 0.2) is 0 Å². The number of amides is 4. The number of ether oxygens (including phenoxy) is 1. The topological polar surface area (TPSA) is 169 Å². The lowest BCUT2D eigenvalue weighted by atomic mass is 9.84. The smallest absolute Gasteiger partial charge is 0.412 e. The van der Waals surface area contributed by atoms with Gasteiger partial charge in [-0.25, -0.2) is 0 Å². The fourth-order valence-electron chi connectivity index (χ4n) is 3.73. The summed E-state index contributed by atoms with van der Waals surface area (Å²) in [6.45, 7) is 1.67. The summed E-state index contributed by atoms with van der Waals surface area (Å²) in [5.74, 6) is -3.03. The summed E-state index contributed by atoms with van der Waals surface area (Å²) in [5, 5.41) is 9.27. The Kier molecular flexibility index (Phi) is 13.2. The summed E-state index contributed by atoms with van der Waals surface area (Å²) in [6, 6.07) is -3.75. The fraction of sp³-hybridized carbons (Fsp3) is 0.773. The minimum absolute atomic E-state index is 0.186. The van der Waals surface area contributed by atoms with E-state index in [0.717, 1.165) is 52.2 Å². The first-order valence-corrected chi connectivity index (χ1v) is 11.9. The molecule has 1 aliphatic carbocycles. The number of carbonyl (C=O) groups is 5. The number of halogens is 3. The third-order valence-corrected chi connectivity index (χ3v) is 5.96. The third kappa shape index (κ3) is 11.7. The molecule has 2 fully saturated rings. The standard InChI is InChI=1S/C17H27F3N4O5.C5H9NO/c1-29-13(26)9-23-15(27)11(7-10-5-3-2-4-6-10)24-12(25)8-22-16(28)14(21)17(18,19)20;1-4-2-3-6-5(4)7/h10-11,14H,2-9,21H2,1H3,(H,22,28)(H,23,27)(H,24,25);4H,2-3H2,1H3,(H,6,7)/t11-,14?;/m0./s1. The maximum atomic E-state index is 12.4. The molecule has 0 spiro atoms. The zero-order valence-electron chi connectivity index (χ0n) is 20.5.